The second kappa shape index (κ2) is 8.22. The summed E-state index contributed by atoms with van der Waals surface area (Å²) in [6, 6.07) is 7.95. The van der Waals surface area contributed by atoms with Crippen LogP contribution in [-0.2, 0) is 9.84 Å². The third-order valence-electron chi connectivity index (χ3n) is 4.74. The standard InChI is InChI=1S/C19H22N2O4S2/c1-2-27(24,25)17-5-3-14(4-6-17)19(23)21-10-7-16(8-11-21)20-18(22)15-9-12-26-13-15/h3-6,9,12-13,16H,2,7-8,10-11H2,1H3,(H,20,22). The van der Waals surface area contributed by atoms with Crippen LogP contribution in [0.4, 0.5) is 0 Å². The van der Waals surface area contributed by atoms with Gasteiger partial charge in [-0.1, -0.05) is 6.92 Å². The van der Waals surface area contributed by atoms with Gasteiger partial charge in [-0.3, -0.25) is 9.59 Å². The van der Waals surface area contributed by atoms with Crippen molar-refractivity contribution in [3.63, 3.8) is 0 Å². The van der Waals surface area contributed by atoms with Crippen LogP contribution >= 0.6 is 11.3 Å². The van der Waals surface area contributed by atoms with E-state index in [4.69, 9.17) is 0 Å². The zero-order chi connectivity index (χ0) is 19.4. The number of nitrogens with one attached hydrogen (secondary N) is 1. The molecule has 0 aliphatic carbocycles. The molecule has 1 aliphatic heterocycles. The van der Waals surface area contributed by atoms with Crippen LogP contribution in [0.2, 0.25) is 0 Å². The van der Waals surface area contributed by atoms with Gasteiger partial charge in [-0.05, 0) is 48.6 Å². The molecule has 6 nitrogen and oxygen atoms in total. The average molecular weight is 407 g/mol. The third-order valence-corrected chi connectivity index (χ3v) is 7.17. The first-order valence-electron chi connectivity index (χ1n) is 8.86. The number of amides is 2. The minimum absolute atomic E-state index is 0.0326. The van der Waals surface area contributed by atoms with E-state index in [-0.39, 0.29) is 28.5 Å². The zero-order valence-corrected chi connectivity index (χ0v) is 16.7. The van der Waals surface area contributed by atoms with E-state index in [0.29, 0.717) is 37.1 Å². The normalized spacial score (nSPS) is 15.5. The van der Waals surface area contributed by atoms with Crippen molar-refractivity contribution in [2.75, 3.05) is 18.8 Å². The molecule has 3 rings (SSSR count). The number of hydrogen-bond donors (Lipinski definition) is 1. The topological polar surface area (TPSA) is 83.6 Å². The molecule has 27 heavy (non-hydrogen) atoms. The van der Waals surface area contributed by atoms with Crippen LogP contribution < -0.4 is 5.32 Å². The first-order valence-corrected chi connectivity index (χ1v) is 11.5. The molecule has 2 heterocycles. The largest absolute Gasteiger partial charge is 0.349 e. The number of carbonyl (C=O) groups excluding carboxylic acids is 2. The summed E-state index contributed by atoms with van der Waals surface area (Å²) < 4.78 is 23.7. The van der Waals surface area contributed by atoms with Gasteiger partial charge in [-0.25, -0.2) is 8.42 Å². The molecule has 1 N–H and O–H groups in total. The number of thiophene rings is 1. The number of hydrogen-bond acceptors (Lipinski definition) is 5. The van der Waals surface area contributed by atoms with Gasteiger partial charge in [0.1, 0.15) is 0 Å². The van der Waals surface area contributed by atoms with Gasteiger partial charge in [0.25, 0.3) is 11.8 Å². The van der Waals surface area contributed by atoms with E-state index in [1.54, 1.807) is 30.0 Å². The van der Waals surface area contributed by atoms with Crippen LogP contribution in [0.1, 0.15) is 40.5 Å². The summed E-state index contributed by atoms with van der Waals surface area (Å²) in [5.74, 6) is -0.155. The van der Waals surface area contributed by atoms with Gasteiger partial charge in [0.05, 0.1) is 10.6 Å². The SMILES string of the molecule is CCS(=O)(=O)c1ccc(C(=O)N2CCC(NC(=O)c3ccsc3)CC2)cc1. The van der Waals surface area contributed by atoms with Crippen LogP contribution in [0.25, 0.3) is 0 Å². The Morgan fingerprint density at radius 2 is 1.78 bits per heavy atom. The van der Waals surface area contributed by atoms with E-state index in [2.05, 4.69) is 5.32 Å². The summed E-state index contributed by atoms with van der Waals surface area (Å²) in [7, 11) is -3.27. The van der Waals surface area contributed by atoms with Crippen molar-refractivity contribution in [3.05, 3.63) is 52.2 Å². The van der Waals surface area contributed by atoms with E-state index in [1.807, 2.05) is 10.8 Å². The number of piperidine rings is 1. The molecule has 2 aromatic rings. The molecule has 1 saturated heterocycles. The summed E-state index contributed by atoms with van der Waals surface area (Å²) in [5, 5.41) is 6.70. The lowest BCUT2D eigenvalue weighted by Gasteiger charge is -2.32. The van der Waals surface area contributed by atoms with E-state index >= 15 is 0 Å². The number of nitrogens with zero attached hydrogens (tertiary/aromatic N) is 1. The van der Waals surface area contributed by atoms with Crippen LogP contribution in [0.15, 0.2) is 46.0 Å². The fraction of sp³-hybridized carbons (Fsp3) is 0.368. The summed E-state index contributed by atoms with van der Waals surface area (Å²) in [6.07, 6.45) is 1.40. The Morgan fingerprint density at radius 1 is 1.11 bits per heavy atom. The van der Waals surface area contributed by atoms with Gasteiger partial charge >= 0.3 is 0 Å². The van der Waals surface area contributed by atoms with Gasteiger partial charge in [0.2, 0.25) is 0 Å². The number of benzene rings is 1. The van der Waals surface area contributed by atoms with Gasteiger partial charge in [0, 0.05) is 35.6 Å². The minimum atomic E-state index is -3.27. The molecule has 1 aromatic heterocycles. The van der Waals surface area contributed by atoms with E-state index < -0.39 is 9.84 Å². The Labute approximate surface area is 163 Å². The van der Waals surface area contributed by atoms with Gasteiger partial charge < -0.3 is 10.2 Å². The van der Waals surface area contributed by atoms with Crippen molar-refractivity contribution < 1.29 is 18.0 Å². The van der Waals surface area contributed by atoms with Crippen molar-refractivity contribution >= 4 is 33.0 Å². The Bertz CT molecular complexity index is 898. The number of sulfone groups is 1. The predicted octanol–water partition coefficient (Wildman–Crippen LogP) is 2.58. The Balaban J connectivity index is 1.56. The van der Waals surface area contributed by atoms with Gasteiger partial charge in [-0.15, -0.1) is 0 Å². The summed E-state index contributed by atoms with van der Waals surface area (Å²) in [5.41, 5.74) is 1.14. The highest BCUT2D eigenvalue weighted by molar-refractivity contribution is 7.91. The molecule has 2 amide bonds. The molecule has 1 aliphatic rings. The molecule has 0 radical (unpaired) electrons. The van der Waals surface area contributed by atoms with E-state index in [1.165, 1.54) is 23.5 Å². The van der Waals surface area contributed by atoms with Gasteiger partial charge in [-0.2, -0.15) is 11.3 Å². The van der Waals surface area contributed by atoms with E-state index in [9.17, 15) is 18.0 Å². The average Bonchev–Trinajstić information content (AvgIpc) is 3.23. The molecule has 0 saturated carbocycles. The minimum Gasteiger partial charge on any atom is -0.349 e. The molecule has 0 unspecified atom stereocenters. The van der Waals surface area contributed by atoms with Crippen molar-refractivity contribution in [2.45, 2.75) is 30.7 Å². The van der Waals surface area contributed by atoms with Crippen LogP contribution in [0, 0.1) is 0 Å². The first-order chi connectivity index (χ1) is 12.9. The van der Waals surface area contributed by atoms with Crippen molar-refractivity contribution in [1.82, 2.24) is 10.2 Å². The van der Waals surface area contributed by atoms with E-state index in [0.717, 1.165) is 0 Å². The van der Waals surface area contributed by atoms with Gasteiger partial charge in [0.15, 0.2) is 9.84 Å². The second-order valence-electron chi connectivity index (χ2n) is 6.48. The van der Waals surface area contributed by atoms with Crippen molar-refractivity contribution in [1.29, 1.82) is 0 Å². The third kappa shape index (κ3) is 4.56. The summed E-state index contributed by atoms with van der Waals surface area (Å²) >= 11 is 1.48. The molecule has 144 valence electrons. The Hall–Kier alpha value is -2.19. The molecule has 1 aromatic carbocycles. The Morgan fingerprint density at radius 3 is 2.33 bits per heavy atom. The molecule has 0 spiro atoms. The fourth-order valence-electron chi connectivity index (χ4n) is 3.04. The van der Waals surface area contributed by atoms with Crippen LogP contribution in [0.3, 0.4) is 0 Å². The quantitative estimate of drug-likeness (QED) is 0.827. The Kier molecular flexibility index (Phi) is 5.96. The highest BCUT2D eigenvalue weighted by Crippen LogP contribution is 2.17. The maximum atomic E-state index is 12.6. The highest BCUT2D eigenvalue weighted by Gasteiger charge is 2.25. The molecule has 0 bridgehead atoms. The number of rotatable bonds is 5. The number of carbonyl (C=O) groups is 2. The van der Waals surface area contributed by atoms with Crippen molar-refractivity contribution in [3.8, 4) is 0 Å². The lowest BCUT2D eigenvalue weighted by Crippen LogP contribution is -2.46. The lowest BCUT2D eigenvalue weighted by molar-refractivity contribution is 0.0698. The predicted molar refractivity (Wildman–Crippen MR) is 105 cm³/mol. The molecule has 0 atom stereocenters. The molecular formula is C19H22N2O4S2. The summed E-state index contributed by atoms with van der Waals surface area (Å²) in [6.45, 7) is 2.71. The lowest BCUT2D eigenvalue weighted by atomic mass is 10.0. The highest BCUT2D eigenvalue weighted by atomic mass is 32.2. The zero-order valence-electron chi connectivity index (χ0n) is 15.1. The smallest absolute Gasteiger partial charge is 0.253 e. The van der Waals surface area contributed by atoms with Crippen molar-refractivity contribution in [2.24, 2.45) is 0 Å². The molecular weight excluding hydrogens is 384 g/mol. The maximum Gasteiger partial charge on any atom is 0.253 e. The molecule has 8 heteroatoms. The summed E-state index contributed by atoms with van der Waals surface area (Å²) in [4.78, 5) is 26.7. The number of likely N-dealkylation sites (tertiary alicyclic amines) is 1. The molecule has 1 fully saturated rings. The first kappa shape index (κ1) is 19.6. The van der Waals surface area contributed by atoms with Crippen LogP contribution in [0.5, 0.6) is 0 Å². The monoisotopic (exact) mass is 406 g/mol. The maximum absolute atomic E-state index is 12.6. The second-order valence-corrected chi connectivity index (χ2v) is 9.54. The van der Waals surface area contributed by atoms with Crippen LogP contribution in [-0.4, -0.2) is 50.0 Å². The fourth-order valence-corrected chi connectivity index (χ4v) is 4.56.